The molecule has 0 atom stereocenters. The van der Waals surface area contributed by atoms with Crippen LogP contribution in [0.15, 0.2) is 69.9 Å². The van der Waals surface area contributed by atoms with Crippen molar-refractivity contribution in [2.75, 3.05) is 0 Å². The van der Waals surface area contributed by atoms with E-state index in [4.69, 9.17) is 0 Å². The van der Waals surface area contributed by atoms with E-state index in [-0.39, 0.29) is 5.56 Å². The monoisotopic (exact) mass is 400 g/mol. The van der Waals surface area contributed by atoms with E-state index in [1.54, 1.807) is 28.0 Å². The highest BCUT2D eigenvalue weighted by atomic mass is 32.2. The maximum absolute atomic E-state index is 13.4. The molecule has 0 radical (unpaired) electrons. The minimum Gasteiger partial charge on any atom is -0.282 e. The molecule has 0 saturated carbocycles. The molecule has 0 bridgehead atoms. The normalized spacial score (nSPS) is 11.2. The lowest BCUT2D eigenvalue weighted by Gasteiger charge is -2.12. The molecule has 2 heterocycles. The first kappa shape index (κ1) is 17.9. The van der Waals surface area contributed by atoms with E-state index < -0.39 is 11.6 Å². The fourth-order valence-corrected chi connectivity index (χ4v) is 4.42. The Morgan fingerprint density at radius 3 is 2.56 bits per heavy atom. The average molecular weight is 400 g/mol. The second-order valence-corrected chi connectivity index (χ2v) is 7.92. The first-order valence-electron chi connectivity index (χ1n) is 8.20. The summed E-state index contributed by atoms with van der Waals surface area (Å²) >= 11 is 2.85. The van der Waals surface area contributed by atoms with Crippen LogP contribution in [0.2, 0.25) is 0 Å². The standard InChI is InChI=1S/C20H14F2N2OS2/c21-14-8-13(9-15(22)10-14)12-27-20-23-18-6-2-1-5-17(18)19(25)24(20)11-16-4-3-7-26-16/h1-10H,11-12H2. The summed E-state index contributed by atoms with van der Waals surface area (Å²) in [5.41, 5.74) is 0.988. The van der Waals surface area contributed by atoms with Crippen molar-refractivity contribution < 1.29 is 8.78 Å². The Labute approximate surface area is 162 Å². The fraction of sp³-hybridized carbons (Fsp3) is 0.100. The SMILES string of the molecule is O=c1c2ccccc2nc(SCc2cc(F)cc(F)c2)n1Cc1cccs1. The van der Waals surface area contributed by atoms with Gasteiger partial charge in [-0.1, -0.05) is 30.0 Å². The van der Waals surface area contributed by atoms with Crippen LogP contribution in [-0.2, 0) is 12.3 Å². The summed E-state index contributed by atoms with van der Waals surface area (Å²) in [4.78, 5) is 18.6. The molecule has 7 heteroatoms. The number of thioether (sulfide) groups is 1. The summed E-state index contributed by atoms with van der Waals surface area (Å²) in [6.45, 7) is 0.411. The Balaban J connectivity index is 1.74. The zero-order valence-corrected chi connectivity index (χ0v) is 15.7. The average Bonchev–Trinajstić information content (AvgIpc) is 3.15. The third kappa shape index (κ3) is 3.94. The summed E-state index contributed by atoms with van der Waals surface area (Å²) in [5.74, 6) is -0.926. The molecule has 0 aliphatic heterocycles. The molecule has 0 N–H and O–H groups in total. The molecule has 0 amide bonds. The molecular formula is C20H14F2N2OS2. The maximum atomic E-state index is 13.4. The van der Waals surface area contributed by atoms with Gasteiger partial charge in [0, 0.05) is 16.7 Å². The van der Waals surface area contributed by atoms with Gasteiger partial charge in [-0.05, 0) is 41.3 Å². The van der Waals surface area contributed by atoms with Gasteiger partial charge in [0.15, 0.2) is 5.16 Å². The molecule has 0 unspecified atom stereocenters. The molecule has 0 saturated heterocycles. The van der Waals surface area contributed by atoms with Gasteiger partial charge in [0.2, 0.25) is 0 Å². The highest BCUT2D eigenvalue weighted by molar-refractivity contribution is 7.98. The maximum Gasteiger partial charge on any atom is 0.262 e. The molecule has 4 rings (SSSR count). The number of thiophene rings is 1. The molecule has 3 nitrogen and oxygen atoms in total. The summed E-state index contributed by atoms with van der Waals surface area (Å²) < 4.78 is 28.5. The molecule has 136 valence electrons. The van der Waals surface area contributed by atoms with Crippen molar-refractivity contribution in [2.45, 2.75) is 17.5 Å². The van der Waals surface area contributed by atoms with E-state index in [2.05, 4.69) is 4.98 Å². The number of halogens is 2. The minimum atomic E-state index is -0.618. The van der Waals surface area contributed by atoms with Crippen LogP contribution in [0.25, 0.3) is 10.9 Å². The number of para-hydroxylation sites is 1. The number of hydrogen-bond acceptors (Lipinski definition) is 4. The van der Waals surface area contributed by atoms with Crippen molar-refractivity contribution in [3.05, 3.63) is 92.4 Å². The molecular weight excluding hydrogens is 386 g/mol. The topological polar surface area (TPSA) is 34.9 Å². The van der Waals surface area contributed by atoms with Crippen LogP contribution in [-0.4, -0.2) is 9.55 Å². The number of benzene rings is 2. The van der Waals surface area contributed by atoms with Crippen LogP contribution in [0.5, 0.6) is 0 Å². The van der Waals surface area contributed by atoms with Crippen LogP contribution >= 0.6 is 23.1 Å². The largest absolute Gasteiger partial charge is 0.282 e. The van der Waals surface area contributed by atoms with Crippen molar-refractivity contribution in [2.24, 2.45) is 0 Å². The van der Waals surface area contributed by atoms with Gasteiger partial charge in [-0.2, -0.15) is 0 Å². The third-order valence-electron chi connectivity index (χ3n) is 4.01. The molecule has 4 aromatic rings. The van der Waals surface area contributed by atoms with E-state index in [9.17, 15) is 13.6 Å². The molecule has 0 aliphatic rings. The Morgan fingerprint density at radius 2 is 1.81 bits per heavy atom. The van der Waals surface area contributed by atoms with E-state index in [1.165, 1.54) is 23.9 Å². The quantitative estimate of drug-likeness (QED) is 0.346. The minimum absolute atomic E-state index is 0.123. The first-order chi connectivity index (χ1) is 13.1. The predicted octanol–water partition coefficient (Wildman–Crippen LogP) is 5.08. The van der Waals surface area contributed by atoms with Gasteiger partial charge in [-0.25, -0.2) is 13.8 Å². The molecule has 0 fully saturated rings. The highest BCUT2D eigenvalue weighted by Crippen LogP contribution is 2.24. The Hall–Kier alpha value is -2.51. The Bertz CT molecular complexity index is 1140. The van der Waals surface area contributed by atoms with E-state index in [0.717, 1.165) is 10.9 Å². The third-order valence-corrected chi connectivity index (χ3v) is 5.92. The van der Waals surface area contributed by atoms with Gasteiger partial charge in [-0.3, -0.25) is 9.36 Å². The fourth-order valence-electron chi connectivity index (χ4n) is 2.80. The zero-order chi connectivity index (χ0) is 18.8. The molecule has 27 heavy (non-hydrogen) atoms. The van der Waals surface area contributed by atoms with E-state index >= 15 is 0 Å². The second kappa shape index (κ2) is 7.62. The number of rotatable bonds is 5. The van der Waals surface area contributed by atoms with E-state index in [1.807, 2.05) is 29.6 Å². The van der Waals surface area contributed by atoms with Crippen LogP contribution in [0.4, 0.5) is 8.78 Å². The number of hydrogen-bond donors (Lipinski definition) is 0. The summed E-state index contributed by atoms with van der Waals surface area (Å²) in [5, 5.41) is 3.03. The van der Waals surface area contributed by atoms with Crippen molar-refractivity contribution in [1.82, 2.24) is 9.55 Å². The van der Waals surface area contributed by atoms with Crippen LogP contribution in [0, 0.1) is 11.6 Å². The van der Waals surface area contributed by atoms with Crippen molar-refractivity contribution in [1.29, 1.82) is 0 Å². The lowest BCUT2D eigenvalue weighted by molar-refractivity contribution is 0.581. The zero-order valence-electron chi connectivity index (χ0n) is 14.1. The van der Waals surface area contributed by atoms with Crippen LogP contribution < -0.4 is 5.56 Å². The van der Waals surface area contributed by atoms with Crippen molar-refractivity contribution >= 4 is 34.0 Å². The second-order valence-electron chi connectivity index (χ2n) is 5.95. The Kier molecular flexibility index (Phi) is 5.05. The molecule has 2 aromatic carbocycles. The summed E-state index contributed by atoms with van der Waals surface area (Å²) in [7, 11) is 0. The summed E-state index contributed by atoms with van der Waals surface area (Å²) in [6, 6.07) is 14.5. The van der Waals surface area contributed by atoms with Gasteiger partial charge in [0.1, 0.15) is 11.6 Å². The van der Waals surface area contributed by atoms with Crippen LogP contribution in [0.3, 0.4) is 0 Å². The van der Waals surface area contributed by atoms with Crippen molar-refractivity contribution in [3.63, 3.8) is 0 Å². The lowest BCUT2D eigenvalue weighted by atomic mass is 10.2. The highest BCUT2D eigenvalue weighted by Gasteiger charge is 2.13. The van der Waals surface area contributed by atoms with Gasteiger partial charge >= 0.3 is 0 Å². The van der Waals surface area contributed by atoms with Gasteiger partial charge < -0.3 is 0 Å². The summed E-state index contributed by atoms with van der Waals surface area (Å²) in [6.07, 6.45) is 0. The van der Waals surface area contributed by atoms with Gasteiger partial charge in [0.05, 0.1) is 17.4 Å². The van der Waals surface area contributed by atoms with Gasteiger partial charge in [0.25, 0.3) is 5.56 Å². The number of fused-ring (bicyclic) bond motifs is 1. The molecule has 0 aliphatic carbocycles. The number of nitrogens with zero attached hydrogens (tertiary/aromatic N) is 2. The Morgan fingerprint density at radius 1 is 1.04 bits per heavy atom. The van der Waals surface area contributed by atoms with Gasteiger partial charge in [-0.15, -0.1) is 11.3 Å². The van der Waals surface area contributed by atoms with Crippen LogP contribution in [0.1, 0.15) is 10.4 Å². The van der Waals surface area contributed by atoms with E-state index in [0.29, 0.717) is 33.9 Å². The number of aromatic nitrogens is 2. The smallest absolute Gasteiger partial charge is 0.262 e. The molecule has 2 aromatic heterocycles. The first-order valence-corrected chi connectivity index (χ1v) is 10.1. The van der Waals surface area contributed by atoms with Crippen molar-refractivity contribution in [3.8, 4) is 0 Å². The lowest BCUT2D eigenvalue weighted by Crippen LogP contribution is -2.23. The predicted molar refractivity (Wildman–Crippen MR) is 105 cm³/mol. The molecule has 0 spiro atoms.